The lowest BCUT2D eigenvalue weighted by Gasteiger charge is -2.19. The van der Waals surface area contributed by atoms with Crippen LogP contribution in [0.25, 0.3) is 12.2 Å². The molecule has 158 valence electrons. The maximum absolute atomic E-state index is 13.0. The predicted octanol–water partition coefficient (Wildman–Crippen LogP) is 3.84. The van der Waals surface area contributed by atoms with Gasteiger partial charge in [0.1, 0.15) is 24.0 Å². The summed E-state index contributed by atoms with van der Waals surface area (Å²) in [5, 5.41) is 0. The Bertz CT molecular complexity index is 1050. The molecular formula is C25H24FN3O2. The van der Waals surface area contributed by atoms with E-state index >= 15 is 0 Å². The summed E-state index contributed by atoms with van der Waals surface area (Å²) in [6, 6.07) is 14.0. The van der Waals surface area contributed by atoms with Crippen molar-refractivity contribution in [3.63, 3.8) is 0 Å². The lowest BCUT2D eigenvalue weighted by atomic mass is 10.1. The van der Waals surface area contributed by atoms with Crippen molar-refractivity contribution in [1.29, 1.82) is 0 Å². The van der Waals surface area contributed by atoms with E-state index in [1.165, 1.54) is 17.0 Å². The Kier molecular flexibility index (Phi) is 7.36. The van der Waals surface area contributed by atoms with Gasteiger partial charge in [0, 0.05) is 26.3 Å². The standard InChI is InChI=1S/C25H24FN3O2/c1-4-16-31-17-15-28(2)22-12-7-20(8-13-22)18-23-25(30)29(3)24(27-23)14-9-19-5-10-21(26)11-6-19/h1,5-14,18H,15-17H2,2-3H3/b14-9+,23-18-. The fourth-order valence-electron chi connectivity index (χ4n) is 2.95. The highest BCUT2D eigenvalue weighted by molar-refractivity contribution is 6.18. The normalized spacial score (nSPS) is 14.9. The summed E-state index contributed by atoms with van der Waals surface area (Å²) in [7, 11) is 3.66. The number of hydrogen-bond acceptors (Lipinski definition) is 4. The third-order valence-electron chi connectivity index (χ3n) is 4.79. The van der Waals surface area contributed by atoms with E-state index in [-0.39, 0.29) is 11.7 Å². The number of ether oxygens (including phenoxy) is 1. The second-order valence-electron chi connectivity index (χ2n) is 7.02. The van der Waals surface area contributed by atoms with Crippen LogP contribution in [0.3, 0.4) is 0 Å². The Labute approximate surface area is 182 Å². The van der Waals surface area contributed by atoms with Crippen molar-refractivity contribution in [1.82, 2.24) is 4.90 Å². The largest absolute Gasteiger partial charge is 0.372 e. The fraction of sp³-hybridized carbons (Fsp3) is 0.200. The quantitative estimate of drug-likeness (QED) is 0.373. The number of nitrogens with zero attached hydrogens (tertiary/aromatic N) is 3. The van der Waals surface area contributed by atoms with Crippen molar-refractivity contribution in [3.8, 4) is 12.3 Å². The van der Waals surface area contributed by atoms with E-state index in [4.69, 9.17) is 11.2 Å². The molecular weight excluding hydrogens is 393 g/mol. The molecule has 0 fully saturated rings. The molecule has 6 heteroatoms. The second-order valence-corrected chi connectivity index (χ2v) is 7.02. The van der Waals surface area contributed by atoms with Gasteiger partial charge in [-0.25, -0.2) is 9.38 Å². The van der Waals surface area contributed by atoms with E-state index < -0.39 is 0 Å². The van der Waals surface area contributed by atoms with Gasteiger partial charge in [-0.15, -0.1) is 6.42 Å². The van der Waals surface area contributed by atoms with Crippen LogP contribution in [0.2, 0.25) is 0 Å². The maximum atomic E-state index is 13.0. The molecule has 0 unspecified atom stereocenters. The van der Waals surface area contributed by atoms with Gasteiger partial charge in [-0.2, -0.15) is 0 Å². The molecule has 0 aliphatic carbocycles. The third-order valence-corrected chi connectivity index (χ3v) is 4.79. The molecule has 0 radical (unpaired) electrons. The van der Waals surface area contributed by atoms with Crippen molar-refractivity contribution in [2.24, 2.45) is 4.99 Å². The Morgan fingerprint density at radius 1 is 1.13 bits per heavy atom. The van der Waals surface area contributed by atoms with Gasteiger partial charge in [0.05, 0.1) is 6.61 Å². The Morgan fingerprint density at radius 3 is 2.48 bits per heavy atom. The minimum Gasteiger partial charge on any atom is -0.372 e. The van der Waals surface area contributed by atoms with Crippen molar-refractivity contribution in [2.45, 2.75) is 0 Å². The molecule has 1 amide bonds. The summed E-state index contributed by atoms with van der Waals surface area (Å²) in [5.41, 5.74) is 3.11. The molecule has 2 aromatic carbocycles. The monoisotopic (exact) mass is 417 g/mol. The molecule has 0 aromatic heterocycles. The molecule has 1 aliphatic rings. The fourth-order valence-corrected chi connectivity index (χ4v) is 2.95. The molecule has 0 spiro atoms. The number of anilines is 1. The Hall–Kier alpha value is -3.69. The van der Waals surface area contributed by atoms with Gasteiger partial charge in [0.15, 0.2) is 0 Å². The molecule has 5 nitrogen and oxygen atoms in total. The molecule has 0 saturated carbocycles. The summed E-state index contributed by atoms with van der Waals surface area (Å²) in [6.45, 7) is 1.58. The number of rotatable bonds is 8. The highest BCUT2D eigenvalue weighted by Crippen LogP contribution is 2.20. The average Bonchev–Trinajstić information content (AvgIpc) is 3.04. The van der Waals surface area contributed by atoms with Crippen LogP contribution in [0.1, 0.15) is 11.1 Å². The summed E-state index contributed by atoms with van der Waals surface area (Å²) >= 11 is 0. The van der Waals surface area contributed by atoms with Crippen LogP contribution in [-0.4, -0.2) is 50.5 Å². The molecule has 0 N–H and O–H groups in total. The summed E-state index contributed by atoms with van der Waals surface area (Å²) in [5.74, 6) is 2.51. The number of carbonyl (C=O) groups excluding carboxylic acids is 1. The predicted molar refractivity (Wildman–Crippen MR) is 123 cm³/mol. The topological polar surface area (TPSA) is 45.1 Å². The summed E-state index contributed by atoms with van der Waals surface area (Å²) < 4.78 is 18.3. The van der Waals surface area contributed by atoms with Gasteiger partial charge in [-0.1, -0.05) is 36.3 Å². The van der Waals surface area contributed by atoms with Crippen LogP contribution in [0, 0.1) is 18.2 Å². The third kappa shape index (κ3) is 5.91. The lowest BCUT2D eigenvalue weighted by Crippen LogP contribution is -2.26. The van der Waals surface area contributed by atoms with Crippen molar-refractivity contribution < 1.29 is 13.9 Å². The number of halogens is 1. The highest BCUT2D eigenvalue weighted by atomic mass is 19.1. The van der Waals surface area contributed by atoms with Crippen LogP contribution in [-0.2, 0) is 9.53 Å². The summed E-state index contributed by atoms with van der Waals surface area (Å²) in [6.07, 6.45) is 10.5. The van der Waals surface area contributed by atoms with Crippen LogP contribution >= 0.6 is 0 Å². The number of amides is 1. The van der Waals surface area contributed by atoms with E-state index in [0.717, 1.165) is 23.4 Å². The Morgan fingerprint density at radius 2 is 1.81 bits per heavy atom. The minimum atomic E-state index is -0.290. The van der Waals surface area contributed by atoms with Crippen molar-refractivity contribution in [2.75, 3.05) is 38.8 Å². The Balaban J connectivity index is 1.68. The lowest BCUT2D eigenvalue weighted by molar-refractivity contribution is -0.121. The number of carbonyl (C=O) groups is 1. The molecule has 2 aromatic rings. The van der Waals surface area contributed by atoms with E-state index in [0.29, 0.717) is 24.7 Å². The molecule has 1 heterocycles. The first-order valence-electron chi connectivity index (χ1n) is 9.82. The number of aliphatic imine (C=N–C) groups is 1. The van der Waals surface area contributed by atoms with Gasteiger partial charge in [-0.05, 0) is 47.5 Å². The number of benzene rings is 2. The van der Waals surface area contributed by atoms with Gasteiger partial charge in [0.2, 0.25) is 0 Å². The molecule has 0 saturated heterocycles. The number of amidine groups is 1. The first-order valence-corrected chi connectivity index (χ1v) is 9.82. The van der Waals surface area contributed by atoms with Crippen molar-refractivity contribution >= 4 is 29.6 Å². The first kappa shape index (κ1) is 22.0. The van der Waals surface area contributed by atoms with Gasteiger partial charge >= 0.3 is 0 Å². The maximum Gasteiger partial charge on any atom is 0.277 e. The van der Waals surface area contributed by atoms with Crippen LogP contribution in [0.15, 0.2) is 65.3 Å². The van der Waals surface area contributed by atoms with Gasteiger partial charge < -0.3 is 9.64 Å². The van der Waals surface area contributed by atoms with E-state index in [2.05, 4.69) is 15.8 Å². The number of likely N-dealkylation sites (N-methyl/N-ethyl adjacent to an activating group) is 2. The first-order chi connectivity index (χ1) is 15.0. The van der Waals surface area contributed by atoms with E-state index in [1.54, 1.807) is 37.4 Å². The van der Waals surface area contributed by atoms with Crippen LogP contribution < -0.4 is 4.90 Å². The molecule has 0 bridgehead atoms. The second kappa shape index (κ2) is 10.4. The van der Waals surface area contributed by atoms with Crippen LogP contribution in [0.5, 0.6) is 0 Å². The zero-order valence-corrected chi connectivity index (χ0v) is 17.6. The van der Waals surface area contributed by atoms with Gasteiger partial charge in [0.25, 0.3) is 5.91 Å². The zero-order chi connectivity index (χ0) is 22.2. The van der Waals surface area contributed by atoms with Crippen molar-refractivity contribution in [3.05, 3.63) is 77.2 Å². The molecule has 0 atom stereocenters. The minimum absolute atomic E-state index is 0.175. The summed E-state index contributed by atoms with van der Waals surface area (Å²) in [4.78, 5) is 20.5. The van der Waals surface area contributed by atoms with Crippen LogP contribution in [0.4, 0.5) is 10.1 Å². The van der Waals surface area contributed by atoms with Gasteiger partial charge in [-0.3, -0.25) is 9.69 Å². The van der Waals surface area contributed by atoms with E-state index in [9.17, 15) is 9.18 Å². The van der Waals surface area contributed by atoms with E-state index in [1.807, 2.05) is 31.3 Å². The molecule has 3 rings (SSSR count). The smallest absolute Gasteiger partial charge is 0.277 e. The SMILES string of the molecule is C#CCOCCN(C)c1ccc(/C=C2N=C(/C=C/c3ccc(F)cc3)N(C)C\2=O)cc1. The number of hydrogen-bond donors (Lipinski definition) is 0. The highest BCUT2D eigenvalue weighted by Gasteiger charge is 2.25. The average molecular weight is 417 g/mol. The molecule has 31 heavy (non-hydrogen) atoms. The molecule has 1 aliphatic heterocycles. The number of terminal acetylenes is 1. The zero-order valence-electron chi connectivity index (χ0n) is 17.6.